The quantitative estimate of drug-likeness (QED) is 0.214. The van der Waals surface area contributed by atoms with E-state index in [0.717, 1.165) is 27.6 Å². The zero-order valence-corrected chi connectivity index (χ0v) is 19.7. The number of phenolic OH excluding ortho intramolecular Hbond substituents is 1. The molecule has 0 saturated heterocycles. The van der Waals surface area contributed by atoms with Crippen molar-refractivity contribution in [1.29, 1.82) is 0 Å². The maximum absolute atomic E-state index is 10.8. The zero-order chi connectivity index (χ0) is 20.6. The van der Waals surface area contributed by atoms with Crippen molar-refractivity contribution in [1.82, 2.24) is 0 Å². The molecule has 0 amide bonds. The molecule has 0 fully saturated rings. The van der Waals surface area contributed by atoms with Crippen molar-refractivity contribution in [2.45, 2.75) is 0 Å². The van der Waals surface area contributed by atoms with Crippen LogP contribution in [0.3, 0.4) is 0 Å². The fourth-order valence-corrected chi connectivity index (χ4v) is 3.00. The Morgan fingerprint density at radius 2 is 1.28 bits per heavy atom. The molecule has 6 heteroatoms. The number of aliphatic imine (C=N–C) groups is 1. The van der Waals surface area contributed by atoms with Crippen LogP contribution in [0.5, 0.6) is 5.75 Å². The molecule has 29 heavy (non-hydrogen) atoms. The first-order valence-electron chi connectivity index (χ1n) is 8.73. The SMILES string of the molecule is Oc1c(C=Nc2ccccc2)cccc1-c1cccc2ccccc12.[Cl][Nb]([Cl])[Cl]. The molecule has 0 radical (unpaired) electrons. The summed E-state index contributed by atoms with van der Waals surface area (Å²) in [6, 6.07) is 29.8. The topological polar surface area (TPSA) is 32.6 Å². The van der Waals surface area contributed by atoms with Crippen molar-refractivity contribution in [2.75, 3.05) is 0 Å². The average Bonchev–Trinajstić information content (AvgIpc) is 2.73. The van der Waals surface area contributed by atoms with E-state index in [1.807, 2.05) is 72.8 Å². The maximum atomic E-state index is 10.8. The molecule has 1 N–H and O–H groups in total. The van der Waals surface area contributed by atoms with Crippen LogP contribution in [0.2, 0.25) is 0 Å². The molecule has 0 spiro atoms. The van der Waals surface area contributed by atoms with E-state index >= 15 is 0 Å². The Bertz CT molecular complexity index is 1110. The second kappa shape index (κ2) is 10.8. The summed E-state index contributed by atoms with van der Waals surface area (Å²) in [5.74, 6) is 0.249. The molecular formula is C23H17Cl3NNbO. The van der Waals surface area contributed by atoms with Gasteiger partial charge in [0, 0.05) is 17.3 Å². The fourth-order valence-electron chi connectivity index (χ4n) is 3.00. The summed E-state index contributed by atoms with van der Waals surface area (Å²) in [7, 11) is 15.0. The molecule has 0 atom stereocenters. The summed E-state index contributed by atoms with van der Waals surface area (Å²) in [6.07, 6.45) is 1.71. The minimum absolute atomic E-state index is 0.249. The Morgan fingerprint density at radius 1 is 0.690 bits per heavy atom. The van der Waals surface area contributed by atoms with Crippen LogP contribution < -0.4 is 0 Å². The summed E-state index contributed by atoms with van der Waals surface area (Å²) >= 11 is -2.03. The third-order valence-corrected chi connectivity index (χ3v) is 4.26. The Labute approximate surface area is 188 Å². The molecule has 0 aliphatic heterocycles. The van der Waals surface area contributed by atoms with Crippen LogP contribution in [-0.2, 0) is 15.2 Å². The van der Waals surface area contributed by atoms with Gasteiger partial charge < -0.3 is 5.11 Å². The van der Waals surface area contributed by atoms with Crippen LogP contribution in [0.4, 0.5) is 5.69 Å². The van der Waals surface area contributed by atoms with E-state index in [9.17, 15) is 5.11 Å². The van der Waals surface area contributed by atoms with E-state index in [-0.39, 0.29) is 5.75 Å². The van der Waals surface area contributed by atoms with Gasteiger partial charge in [-0.1, -0.05) is 72.8 Å². The Balaban J connectivity index is 0.000000552. The van der Waals surface area contributed by atoms with E-state index in [2.05, 4.69) is 23.2 Å². The first-order chi connectivity index (χ1) is 14.1. The fraction of sp³-hybridized carbons (Fsp3) is 0. The molecule has 0 heterocycles. The van der Waals surface area contributed by atoms with Crippen molar-refractivity contribution in [3.05, 3.63) is 96.6 Å². The minimum atomic E-state index is -2.03. The predicted octanol–water partition coefficient (Wildman–Crippen LogP) is 8.03. The van der Waals surface area contributed by atoms with Crippen LogP contribution >= 0.6 is 27.6 Å². The summed E-state index contributed by atoms with van der Waals surface area (Å²) < 4.78 is 0. The van der Waals surface area contributed by atoms with E-state index in [4.69, 9.17) is 27.6 Å². The Morgan fingerprint density at radius 3 is 2.03 bits per heavy atom. The number of rotatable bonds is 3. The number of halogens is 3. The van der Waals surface area contributed by atoms with Gasteiger partial charge in [-0.05, 0) is 34.5 Å². The van der Waals surface area contributed by atoms with E-state index in [1.165, 1.54) is 0 Å². The summed E-state index contributed by atoms with van der Waals surface area (Å²) in [5.41, 5.74) is 3.39. The van der Waals surface area contributed by atoms with Crippen LogP contribution in [0.25, 0.3) is 21.9 Å². The van der Waals surface area contributed by atoms with Crippen molar-refractivity contribution >= 4 is 50.2 Å². The molecule has 0 aromatic heterocycles. The van der Waals surface area contributed by atoms with Gasteiger partial charge in [0.15, 0.2) is 0 Å². The van der Waals surface area contributed by atoms with Crippen LogP contribution in [-0.4, -0.2) is 11.3 Å². The van der Waals surface area contributed by atoms with Gasteiger partial charge in [0.1, 0.15) is 5.75 Å². The molecule has 0 saturated carbocycles. The number of para-hydroxylation sites is 2. The van der Waals surface area contributed by atoms with Crippen molar-refractivity contribution in [2.24, 2.45) is 4.99 Å². The molecule has 0 bridgehead atoms. The number of nitrogens with zero attached hydrogens (tertiary/aromatic N) is 1. The number of fused-ring (bicyclic) bond motifs is 1. The third kappa shape index (κ3) is 6.10. The molecule has 4 aromatic carbocycles. The van der Waals surface area contributed by atoms with E-state index in [1.54, 1.807) is 6.21 Å². The first-order valence-corrected chi connectivity index (χ1v) is 17.2. The Kier molecular flexibility index (Phi) is 8.19. The van der Waals surface area contributed by atoms with Gasteiger partial charge in [0.05, 0.1) is 5.69 Å². The third-order valence-electron chi connectivity index (χ3n) is 4.26. The number of aromatic hydroxyl groups is 1. The monoisotopic (exact) mass is 521 g/mol. The summed E-state index contributed by atoms with van der Waals surface area (Å²) in [4.78, 5) is 4.45. The second-order valence-corrected chi connectivity index (χ2v) is 16.1. The molecule has 146 valence electrons. The normalized spacial score (nSPS) is 10.9. The number of hydrogen-bond donors (Lipinski definition) is 1. The van der Waals surface area contributed by atoms with Crippen LogP contribution in [0.1, 0.15) is 5.56 Å². The van der Waals surface area contributed by atoms with Gasteiger partial charge in [-0.2, -0.15) is 0 Å². The van der Waals surface area contributed by atoms with E-state index < -0.39 is 15.2 Å². The number of phenols is 1. The molecule has 0 aliphatic rings. The van der Waals surface area contributed by atoms with Crippen molar-refractivity contribution < 1.29 is 20.3 Å². The van der Waals surface area contributed by atoms with Crippen LogP contribution in [0, 0.1) is 0 Å². The number of hydrogen-bond acceptors (Lipinski definition) is 2. The van der Waals surface area contributed by atoms with E-state index in [0.29, 0.717) is 5.56 Å². The molecule has 2 nitrogen and oxygen atoms in total. The standard InChI is InChI=1S/C23H17NO.3ClH.Nb/c25-23-18(16-24-19-11-2-1-3-12-19)10-7-15-22(23)21-14-6-9-17-8-4-5-13-20(17)21;;;;/h1-16,25H;3*1H;/q;;;;+3/p-3. The predicted molar refractivity (Wildman–Crippen MR) is 122 cm³/mol. The Hall–Kier alpha value is -1.78. The van der Waals surface area contributed by atoms with Gasteiger partial charge in [0.25, 0.3) is 0 Å². The van der Waals surface area contributed by atoms with Crippen LogP contribution in [0.15, 0.2) is 96.0 Å². The molecule has 0 aliphatic carbocycles. The van der Waals surface area contributed by atoms with Gasteiger partial charge >= 0.3 is 42.8 Å². The summed E-state index contributed by atoms with van der Waals surface area (Å²) in [5, 5.41) is 13.1. The van der Waals surface area contributed by atoms with Gasteiger partial charge in [0.2, 0.25) is 0 Å². The average molecular weight is 523 g/mol. The number of benzene rings is 4. The molecule has 4 aromatic rings. The van der Waals surface area contributed by atoms with Gasteiger partial charge in [-0.15, -0.1) is 0 Å². The molecular weight excluding hydrogens is 506 g/mol. The molecule has 4 rings (SSSR count). The zero-order valence-electron chi connectivity index (χ0n) is 15.2. The van der Waals surface area contributed by atoms with Gasteiger partial charge in [-0.3, -0.25) is 4.99 Å². The van der Waals surface area contributed by atoms with Crippen molar-refractivity contribution in [3.8, 4) is 16.9 Å². The summed E-state index contributed by atoms with van der Waals surface area (Å²) in [6.45, 7) is 0. The first kappa shape index (κ1) is 21.9. The van der Waals surface area contributed by atoms with Crippen molar-refractivity contribution in [3.63, 3.8) is 0 Å². The van der Waals surface area contributed by atoms with Gasteiger partial charge in [-0.25, -0.2) is 0 Å². The second-order valence-electron chi connectivity index (χ2n) is 6.06. The molecule has 0 unspecified atom stereocenters.